The smallest absolute Gasteiger partial charge is 0.228 e. The van der Waals surface area contributed by atoms with Crippen LogP contribution in [0.25, 0.3) is 11.3 Å². The van der Waals surface area contributed by atoms with Crippen LogP contribution in [0.2, 0.25) is 0 Å². The molecule has 1 aliphatic rings. The van der Waals surface area contributed by atoms with E-state index in [0.29, 0.717) is 6.42 Å². The molecule has 5 nitrogen and oxygen atoms in total. The lowest BCUT2D eigenvalue weighted by Crippen LogP contribution is -2.32. The van der Waals surface area contributed by atoms with E-state index in [1.165, 1.54) is 17.7 Å². The zero-order valence-corrected chi connectivity index (χ0v) is 17.3. The highest BCUT2D eigenvalue weighted by atomic mass is 19.1. The molecule has 2 heterocycles. The zero-order chi connectivity index (χ0) is 20.9. The molecule has 1 amide bonds. The number of nitrogens with zero attached hydrogens (tertiary/aromatic N) is 3. The number of H-pyrrole nitrogens is 1. The number of hydrogen-bond donors (Lipinski definition) is 1. The summed E-state index contributed by atoms with van der Waals surface area (Å²) in [6.07, 6.45) is 3.33. The monoisotopic (exact) mass is 406 g/mol. The minimum atomic E-state index is -0.245. The van der Waals surface area contributed by atoms with Gasteiger partial charge in [-0.1, -0.05) is 18.2 Å². The number of carbonyl (C=O) groups excluding carboxylic acids is 1. The Labute approximate surface area is 176 Å². The number of halogens is 1. The molecule has 0 radical (unpaired) electrons. The fraction of sp³-hybridized carbons (Fsp3) is 0.333. The summed E-state index contributed by atoms with van der Waals surface area (Å²) in [7, 11) is 2.06. The number of anilines is 1. The van der Waals surface area contributed by atoms with Crippen molar-refractivity contribution in [2.45, 2.75) is 25.7 Å². The predicted octanol–water partition coefficient (Wildman–Crippen LogP) is 4.06. The SMILES string of the molecule is CN(CCCc1cc(-c2ccc(F)cc2)n[nH]1)CCC(=O)N1CCc2ccccc21. The van der Waals surface area contributed by atoms with E-state index in [-0.39, 0.29) is 11.7 Å². The molecule has 0 saturated carbocycles. The molecule has 0 fully saturated rings. The number of benzene rings is 2. The van der Waals surface area contributed by atoms with Crippen molar-refractivity contribution in [3.63, 3.8) is 0 Å². The van der Waals surface area contributed by atoms with Gasteiger partial charge in [0.1, 0.15) is 5.82 Å². The second-order valence-electron chi connectivity index (χ2n) is 7.87. The number of rotatable bonds is 8. The zero-order valence-electron chi connectivity index (χ0n) is 17.3. The van der Waals surface area contributed by atoms with Gasteiger partial charge in [0, 0.05) is 36.5 Å². The third kappa shape index (κ3) is 4.76. The van der Waals surface area contributed by atoms with Crippen molar-refractivity contribution in [3.05, 3.63) is 71.7 Å². The van der Waals surface area contributed by atoms with E-state index < -0.39 is 0 Å². The van der Waals surface area contributed by atoms with Crippen LogP contribution in [0.5, 0.6) is 0 Å². The Bertz CT molecular complexity index is 998. The lowest BCUT2D eigenvalue weighted by Gasteiger charge is -2.20. The van der Waals surface area contributed by atoms with Crippen LogP contribution in [0, 0.1) is 5.82 Å². The number of aromatic nitrogens is 2. The highest BCUT2D eigenvalue weighted by molar-refractivity contribution is 5.95. The molecule has 0 aliphatic carbocycles. The molecule has 1 aromatic heterocycles. The lowest BCUT2D eigenvalue weighted by molar-refractivity contribution is -0.118. The number of hydrogen-bond acceptors (Lipinski definition) is 3. The summed E-state index contributed by atoms with van der Waals surface area (Å²) < 4.78 is 13.1. The Balaban J connectivity index is 1.20. The van der Waals surface area contributed by atoms with Crippen LogP contribution in [0.1, 0.15) is 24.1 Å². The molecule has 3 aromatic rings. The van der Waals surface area contributed by atoms with Crippen LogP contribution in [0.15, 0.2) is 54.6 Å². The van der Waals surface area contributed by atoms with Gasteiger partial charge in [0.25, 0.3) is 0 Å². The van der Waals surface area contributed by atoms with Gasteiger partial charge >= 0.3 is 0 Å². The molecule has 0 atom stereocenters. The van der Waals surface area contributed by atoms with Gasteiger partial charge in [0.05, 0.1) is 5.69 Å². The average Bonchev–Trinajstić information content (AvgIpc) is 3.40. The molecular weight excluding hydrogens is 379 g/mol. The van der Waals surface area contributed by atoms with Gasteiger partial charge in [-0.15, -0.1) is 0 Å². The van der Waals surface area contributed by atoms with Gasteiger partial charge in [-0.05, 0) is 74.8 Å². The summed E-state index contributed by atoms with van der Waals surface area (Å²) in [5, 5.41) is 7.39. The van der Waals surface area contributed by atoms with Crippen LogP contribution < -0.4 is 4.90 Å². The molecular formula is C24H27FN4O. The van der Waals surface area contributed by atoms with E-state index in [0.717, 1.165) is 61.5 Å². The van der Waals surface area contributed by atoms with Gasteiger partial charge in [-0.2, -0.15) is 5.10 Å². The first-order valence-electron chi connectivity index (χ1n) is 10.5. The molecule has 0 bridgehead atoms. The summed E-state index contributed by atoms with van der Waals surface area (Å²) >= 11 is 0. The number of nitrogens with one attached hydrogen (secondary N) is 1. The number of aryl methyl sites for hydroxylation is 1. The number of fused-ring (bicyclic) bond motifs is 1. The van der Waals surface area contributed by atoms with Gasteiger partial charge in [-0.25, -0.2) is 4.39 Å². The maximum Gasteiger partial charge on any atom is 0.228 e. The molecule has 0 saturated heterocycles. The molecule has 2 aromatic carbocycles. The first-order valence-corrected chi connectivity index (χ1v) is 10.5. The van der Waals surface area contributed by atoms with Crippen molar-refractivity contribution in [2.24, 2.45) is 0 Å². The lowest BCUT2D eigenvalue weighted by atomic mass is 10.1. The quantitative estimate of drug-likeness (QED) is 0.614. The number of carbonyl (C=O) groups is 1. The largest absolute Gasteiger partial charge is 0.312 e. The highest BCUT2D eigenvalue weighted by Crippen LogP contribution is 2.27. The molecule has 6 heteroatoms. The van der Waals surface area contributed by atoms with Gasteiger partial charge in [0.2, 0.25) is 5.91 Å². The standard InChI is InChI=1S/C24H27FN4O/c1-28(15-13-24(30)29-16-12-19-5-2-3-7-23(19)29)14-4-6-21-17-22(27-26-21)18-8-10-20(25)11-9-18/h2-3,5,7-11,17H,4,6,12-16H2,1H3,(H,26,27). The predicted molar refractivity (Wildman–Crippen MR) is 117 cm³/mol. The van der Waals surface area contributed by atoms with E-state index in [1.54, 1.807) is 12.1 Å². The van der Waals surface area contributed by atoms with Crippen LogP contribution in [-0.2, 0) is 17.6 Å². The van der Waals surface area contributed by atoms with E-state index in [1.807, 2.05) is 29.2 Å². The second kappa shape index (κ2) is 9.22. The molecule has 4 rings (SSSR count). The van der Waals surface area contributed by atoms with Crippen LogP contribution in [-0.4, -0.2) is 47.7 Å². The first kappa shape index (κ1) is 20.3. The van der Waals surface area contributed by atoms with Gasteiger partial charge in [0.15, 0.2) is 0 Å². The maximum atomic E-state index is 13.1. The van der Waals surface area contributed by atoms with Gasteiger partial charge < -0.3 is 9.80 Å². The van der Waals surface area contributed by atoms with Crippen LogP contribution in [0.3, 0.4) is 0 Å². The summed E-state index contributed by atoms with van der Waals surface area (Å²) in [4.78, 5) is 16.8. The highest BCUT2D eigenvalue weighted by Gasteiger charge is 2.23. The van der Waals surface area contributed by atoms with Crippen LogP contribution >= 0.6 is 0 Å². The fourth-order valence-corrected chi connectivity index (χ4v) is 3.93. The third-order valence-corrected chi connectivity index (χ3v) is 5.65. The summed E-state index contributed by atoms with van der Waals surface area (Å²) in [6.45, 7) is 2.45. The first-order chi connectivity index (χ1) is 14.6. The van der Waals surface area contributed by atoms with E-state index >= 15 is 0 Å². The summed E-state index contributed by atoms with van der Waals surface area (Å²) in [5.41, 5.74) is 5.13. The Morgan fingerprint density at radius 3 is 2.80 bits per heavy atom. The minimum Gasteiger partial charge on any atom is -0.312 e. The van der Waals surface area contributed by atoms with E-state index in [9.17, 15) is 9.18 Å². The normalized spacial score (nSPS) is 13.1. The second-order valence-corrected chi connectivity index (χ2v) is 7.87. The van der Waals surface area contributed by atoms with Crippen molar-refractivity contribution in [1.82, 2.24) is 15.1 Å². The van der Waals surface area contributed by atoms with Crippen molar-refractivity contribution >= 4 is 11.6 Å². The number of amides is 1. The van der Waals surface area contributed by atoms with E-state index in [4.69, 9.17) is 0 Å². The maximum absolute atomic E-state index is 13.1. The van der Waals surface area contributed by atoms with Crippen molar-refractivity contribution in [3.8, 4) is 11.3 Å². The minimum absolute atomic E-state index is 0.198. The summed E-state index contributed by atoms with van der Waals surface area (Å²) in [5.74, 6) is -0.0470. The molecule has 156 valence electrons. The molecule has 1 aliphatic heterocycles. The van der Waals surface area contributed by atoms with E-state index in [2.05, 4.69) is 28.2 Å². The third-order valence-electron chi connectivity index (χ3n) is 5.65. The Morgan fingerprint density at radius 2 is 1.97 bits per heavy atom. The molecule has 1 N–H and O–H groups in total. The van der Waals surface area contributed by atoms with Crippen molar-refractivity contribution in [1.29, 1.82) is 0 Å². The molecule has 30 heavy (non-hydrogen) atoms. The number of aromatic amines is 1. The average molecular weight is 407 g/mol. The van der Waals surface area contributed by atoms with Crippen molar-refractivity contribution in [2.75, 3.05) is 31.6 Å². The molecule has 0 spiro atoms. The topological polar surface area (TPSA) is 52.2 Å². The molecule has 0 unspecified atom stereocenters. The van der Waals surface area contributed by atoms with Gasteiger partial charge in [-0.3, -0.25) is 9.89 Å². The fourth-order valence-electron chi connectivity index (χ4n) is 3.93. The Hall–Kier alpha value is -2.99. The van der Waals surface area contributed by atoms with Crippen LogP contribution in [0.4, 0.5) is 10.1 Å². The Morgan fingerprint density at radius 1 is 1.17 bits per heavy atom. The Kier molecular flexibility index (Phi) is 6.23. The summed E-state index contributed by atoms with van der Waals surface area (Å²) in [6, 6.07) is 16.5. The van der Waals surface area contributed by atoms with Crippen molar-refractivity contribution < 1.29 is 9.18 Å². The number of para-hydroxylation sites is 1.